The molecule has 4 nitrogen and oxygen atoms in total. The zero-order valence-electron chi connectivity index (χ0n) is 12.1. The van der Waals surface area contributed by atoms with Gasteiger partial charge in [0.25, 0.3) is 0 Å². The zero-order valence-corrected chi connectivity index (χ0v) is 12.1. The molecular formula is C14H26N2O2. The van der Waals surface area contributed by atoms with Gasteiger partial charge < -0.3 is 10.2 Å². The van der Waals surface area contributed by atoms with Gasteiger partial charge >= 0.3 is 0 Å². The number of piperazine rings is 1. The fraction of sp³-hybridized carbons (Fsp3) is 0.857. The van der Waals surface area contributed by atoms with Crippen molar-refractivity contribution in [2.75, 3.05) is 6.54 Å². The molecule has 1 atom stereocenters. The van der Waals surface area contributed by atoms with Gasteiger partial charge in [0.1, 0.15) is 11.6 Å². The second-order valence-corrected chi connectivity index (χ2v) is 5.54. The van der Waals surface area contributed by atoms with Gasteiger partial charge in [-0.05, 0) is 26.7 Å². The molecule has 2 amide bonds. The second-order valence-electron chi connectivity index (χ2n) is 5.54. The molecule has 4 heteroatoms. The van der Waals surface area contributed by atoms with Crippen molar-refractivity contribution in [2.45, 2.75) is 71.4 Å². The molecule has 1 aliphatic rings. The van der Waals surface area contributed by atoms with Gasteiger partial charge in [-0.1, -0.05) is 33.1 Å². The van der Waals surface area contributed by atoms with E-state index in [0.717, 1.165) is 12.8 Å². The Balaban J connectivity index is 2.69. The zero-order chi connectivity index (χ0) is 13.8. The van der Waals surface area contributed by atoms with Crippen molar-refractivity contribution in [2.24, 2.45) is 0 Å². The lowest BCUT2D eigenvalue weighted by atomic mass is 9.94. The van der Waals surface area contributed by atoms with Gasteiger partial charge in [0.15, 0.2) is 0 Å². The van der Waals surface area contributed by atoms with E-state index < -0.39 is 5.54 Å². The molecular weight excluding hydrogens is 228 g/mol. The summed E-state index contributed by atoms with van der Waals surface area (Å²) in [7, 11) is 0. The van der Waals surface area contributed by atoms with Crippen LogP contribution in [0, 0.1) is 0 Å². The quantitative estimate of drug-likeness (QED) is 0.738. The maximum absolute atomic E-state index is 12.3. The fourth-order valence-electron chi connectivity index (χ4n) is 2.35. The lowest BCUT2D eigenvalue weighted by Gasteiger charge is -2.44. The van der Waals surface area contributed by atoms with Crippen molar-refractivity contribution in [1.29, 1.82) is 0 Å². The Morgan fingerprint density at radius 2 is 1.83 bits per heavy atom. The molecule has 18 heavy (non-hydrogen) atoms. The van der Waals surface area contributed by atoms with E-state index in [1.807, 2.05) is 20.8 Å². The lowest BCUT2D eigenvalue weighted by Crippen LogP contribution is -2.68. The van der Waals surface area contributed by atoms with E-state index in [1.165, 1.54) is 12.8 Å². The molecule has 0 aromatic carbocycles. The molecule has 1 aliphatic heterocycles. The Kier molecular flexibility index (Phi) is 5.17. The van der Waals surface area contributed by atoms with Crippen LogP contribution in [0.25, 0.3) is 0 Å². The summed E-state index contributed by atoms with van der Waals surface area (Å²) in [5, 5.41) is 2.81. The van der Waals surface area contributed by atoms with Crippen LogP contribution in [0.1, 0.15) is 59.8 Å². The van der Waals surface area contributed by atoms with Crippen LogP contribution in [0.4, 0.5) is 0 Å². The summed E-state index contributed by atoms with van der Waals surface area (Å²) < 4.78 is 0. The molecule has 1 heterocycles. The predicted molar refractivity (Wildman–Crippen MR) is 72.2 cm³/mol. The first-order valence-electron chi connectivity index (χ1n) is 7.07. The van der Waals surface area contributed by atoms with Crippen LogP contribution in [0.15, 0.2) is 0 Å². The number of nitrogens with one attached hydrogen (secondary N) is 1. The Bertz CT molecular complexity index is 313. The maximum Gasteiger partial charge on any atom is 0.246 e. The Hall–Kier alpha value is -1.06. The number of amides is 2. The van der Waals surface area contributed by atoms with E-state index in [0.29, 0.717) is 13.0 Å². The molecule has 0 aliphatic carbocycles. The van der Waals surface area contributed by atoms with E-state index in [9.17, 15) is 9.59 Å². The molecule has 1 saturated heterocycles. The Morgan fingerprint density at radius 3 is 2.39 bits per heavy atom. The first kappa shape index (κ1) is 15.0. The minimum Gasteiger partial charge on any atom is -0.342 e. The van der Waals surface area contributed by atoms with Crippen LogP contribution in [0.2, 0.25) is 0 Å². The molecule has 0 spiro atoms. The number of hydrogen-bond donors (Lipinski definition) is 1. The highest BCUT2D eigenvalue weighted by Crippen LogP contribution is 2.22. The van der Waals surface area contributed by atoms with Crippen LogP contribution < -0.4 is 5.32 Å². The van der Waals surface area contributed by atoms with Crippen LogP contribution >= 0.6 is 0 Å². The number of nitrogens with zero attached hydrogens (tertiary/aromatic N) is 1. The highest BCUT2D eigenvalue weighted by molar-refractivity contribution is 5.99. The smallest absolute Gasteiger partial charge is 0.246 e. The third-order valence-electron chi connectivity index (χ3n) is 3.74. The molecule has 1 fully saturated rings. The predicted octanol–water partition coefficient (Wildman–Crippen LogP) is 2.08. The summed E-state index contributed by atoms with van der Waals surface area (Å²) in [6, 6.07) is -0.336. The van der Waals surface area contributed by atoms with Crippen LogP contribution in [0.5, 0.6) is 0 Å². The fourth-order valence-corrected chi connectivity index (χ4v) is 2.35. The van der Waals surface area contributed by atoms with Crippen LogP contribution in [0.3, 0.4) is 0 Å². The van der Waals surface area contributed by atoms with Gasteiger partial charge in [-0.15, -0.1) is 0 Å². The minimum absolute atomic E-state index is 0.0376. The van der Waals surface area contributed by atoms with Gasteiger partial charge in [-0.3, -0.25) is 9.59 Å². The van der Waals surface area contributed by atoms with Gasteiger partial charge in [-0.2, -0.15) is 0 Å². The summed E-state index contributed by atoms with van der Waals surface area (Å²) in [5.41, 5.74) is -0.713. The summed E-state index contributed by atoms with van der Waals surface area (Å²) in [5.74, 6) is 0.0306. The summed E-state index contributed by atoms with van der Waals surface area (Å²) in [6.45, 7) is 8.43. The van der Waals surface area contributed by atoms with Crippen molar-refractivity contribution in [3.05, 3.63) is 0 Å². The highest BCUT2D eigenvalue weighted by atomic mass is 16.2. The normalized spacial score (nSPS) is 23.1. The summed E-state index contributed by atoms with van der Waals surface area (Å²) in [6.07, 6.45) is 5.12. The average Bonchev–Trinajstić information content (AvgIpc) is 2.33. The van der Waals surface area contributed by atoms with E-state index in [2.05, 4.69) is 12.2 Å². The number of carbonyl (C=O) groups excluding carboxylic acids is 2. The van der Waals surface area contributed by atoms with Gasteiger partial charge in [0, 0.05) is 6.54 Å². The third kappa shape index (κ3) is 3.03. The highest BCUT2D eigenvalue weighted by Gasteiger charge is 2.45. The van der Waals surface area contributed by atoms with Crippen molar-refractivity contribution >= 4 is 11.8 Å². The van der Waals surface area contributed by atoms with Gasteiger partial charge in [-0.25, -0.2) is 0 Å². The Labute approximate surface area is 110 Å². The van der Waals surface area contributed by atoms with Crippen molar-refractivity contribution in [3.8, 4) is 0 Å². The molecule has 0 bridgehead atoms. The maximum atomic E-state index is 12.3. The minimum atomic E-state index is -0.713. The van der Waals surface area contributed by atoms with E-state index >= 15 is 0 Å². The molecule has 1 unspecified atom stereocenters. The summed E-state index contributed by atoms with van der Waals surface area (Å²) in [4.78, 5) is 26.1. The van der Waals surface area contributed by atoms with Crippen molar-refractivity contribution in [3.63, 3.8) is 0 Å². The van der Waals surface area contributed by atoms with E-state index in [4.69, 9.17) is 0 Å². The number of unbranched alkanes of at least 4 members (excludes halogenated alkanes) is 3. The van der Waals surface area contributed by atoms with Crippen molar-refractivity contribution < 1.29 is 9.59 Å². The number of hydrogen-bond acceptors (Lipinski definition) is 2. The molecule has 0 aromatic heterocycles. The first-order valence-corrected chi connectivity index (χ1v) is 7.07. The van der Waals surface area contributed by atoms with Gasteiger partial charge in [0.2, 0.25) is 11.8 Å². The molecule has 104 valence electrons. The van der Waals surface area contributed by atoms with Crippen LogP contribution in [-0.2, 0) is 9.59 Å². The van der Waals surface area contributed by atoms with E-state index in [-0.39, 0.29) is 17.9 Å². The van der Waals surface area contributed by atoms with Crippen molar-refractivity contribution in [1.82, 2.24) is 10.2 Å². The largest absolute Gasteiger partial charge is 0.342 e. The molecule has 0 aromatic rings. The van der Waals surface area contributed by atoms with Crippen LogP contribution in [-0.4, -0.2) is 34.8 Å². The second kappa shape index (κ2) is 6.21. The molecule has 0 saturated carbocycles. The number of rotatable bonds is 6. The third-order valence-corrected chi connectivity index (χ3v) is 3.74. The molecule has 1 N–H and O–H groups in total. The monoisotopic (exact) mass is 254 g/mol. The molecule has 1 rings (SSSR count). The van der Waals surface area contributed by atoms with E-state index in [1.54, 1.807) is 4.90 Å². The SMILES string of the molecule is CCCCCCN1C(=O)C(CC)NC(=O)C1(C)C. The standard InChI is InChI=1S/C14H26N2O2/c1-5-7-8-9-10-16-12(17)11(6-2)15-13(18)14(16,3)4/h11H,5-10H2,1-4H3,(H,15,18). The lowest BCUT2D eigenvalue weighted by molar-refractivity contribution is -0.155. The first-order chi connectivity index (χ1) is 8.45. The number of carbonyl (C=O) groups is 2. The average molecular weight is 254 g/mol. The molecule has 0 radical (unpaired) electrons. The Morgan fingerprint density at radius 1 is 1.17 bits per heavy atom. The van der Waals surface area contributed by atoms with Gasteiger partial charge in [0.05, 0.1) is 0 Å². The topological polar surface area (TPSA) is 49.4 Å². The summed E-state index contributed by atoms with van der Waals surface area (Å²) >= 11 is 0.